The molecular formula is C19H40N4. The van der Waals surface area contributed by atoms with Crippen LogP contribution < -0.4 is 5.32 Å². The van der Waals surface area contributed by atoms with E-state index in [9.17, 15) is 0 Å². The Morgan fingerprint density at radius 3 is 2.30 bits per heavy atom. The quantitative estimate of drug-likeness (QED) is 0.400. The Bertz CT molecular complexity index is 317. The van der Waals surface area contributed by atoms with E-state index in [2.05, 4.69) is 47.9 Å². The summed E-state index contributed by atoms with van der Waals surface area (Å²) in [7, 11) is 4.08. The van der Waals surface area contributed by atoms with Crippen molar-refractivity contribution in [3.63, 3.8) is 0 Å². The van der Waals surface area contributed by atoms with Crippen LogP contribution in [0.3, 0.4) is 0 Å². The number of aliphatic imine (C=N–C) groups is 1. The van der Waals surface area contributed by atoms with Crippen molar-refractivity contribution >= 4 is 5.96 Å². The number of hydrogen-bond donors (Lipinski definition) is 1. The average molecular weight is 325 g/mol. The van der Waals surface area contributed by atoms with Gasteiger partial charge in [0, 0.05) is 27.2 Å². The summed E-state index contributed by atoms with van der Waals surface area (Å²) in [6, 6.07) is 0. The zero-order valence-corrected chi connectivity index (χ0v) is 16.3. The Balaban J connectivity index is 2.20. The van der Waals surface area contributed by atoms with Crippen LogP contribution >= 0.6 is 0 Å². The van der Waals surface area contributed by atoms with Crippen molar-refractivity contribution in [2.24, 2.45) is 16.8 Å². The second-order valence-electron chi connectivity index (χ2n) is 7.21. The molecule has 0 aromatic carbocycles. The number of guanidine groups is 1. The molecule has 0 aromatic heterocycles. The van der Waals surface area contributed by atoms with Crippen molar-refractivity contribution in [1.82, 2.24) is 15.1 Å². The fourth-order valence-corrected chi connectivity index (χ4v) is 3.57. The maximum Gasteiger partial charge on any atom is 0.193 e. The molecule has 136 valence electrons. The first-order valence-corrected chi connectivity index (χ1v) is 9.74. The van der Waals surface area contributed by atoms with Crippen LogP contribution in [0.2, 0.25) is 0 Å². The molecule has 4 heteroatoms. The van der Waals surface area contributed by atoms with E-state index in [1.165, 1.54) is 45.1 Å². The second kappa shape index (κ2) is 11.7. The van der Waals surface area contributed by atoms with Gasteiger partial charge in [0.2, 0.25) is 0 Å². The van der Waals surface area contributed by atoms with Gasteiger partial charge in [0.05, 0.1) is 0 Å². The molecule has 0 spiro atoms. The first-order chi connectivity index (χ1) is 11.1. The van der Waals surface area contributed by atoms with E-state index in [0.717, 1.165) is 44.0 Å². The summed E-state index contributed by atoms with van der Waals surface area (Å²) in [5.74, 6) is 2.84. The molecule has 1 rings (SSSR count). The van der Waals surface area contributed by atoms with Gasteiger partial charge < -0.3 is 15.1 Å². The number of nitrogens with one attached hydrogen (secondary N) is 1. The Morgan fingerprint density at radius 2 is 1.74 bits per heavy atom. The lowest BCUT2D eigenvalue weighted by molar-refractivity contribution is 0.250. The fourth-order valence-electron chi connectivity index (χ4n) is 3.57. The van der Waals surface area contributed by atoms with E-state index in [-0.39, 0.29) is 0 Å². The third kappa shape index (κ3) is 8.05. The third-order valence-corrected chi connectivity index (χ3v) is 5.32. The number of unbranched alkanes of at least 4 members (excludes halogenated alkanes) is 1. The van der Waals surface area contributed by atoms with Gasteiger partial charge >= 0.3 is 0 Å². The zero-order chi connectivity index (χ0) is 17.1. The van der Waals surface area contributed by atoms with Crippen molar-refractivity contribution in [3.05, 3.63) is 0 Å². The van der Waals surface area contributed by atoms with E-state index in [4.69, 9.17) is 0 Å². The maximum absolute atomic E-state index is 4.45. The first-order valence-electron chi connectivity index (χ1n) is 9.74. The smallest absolute Gasteiger partial charge is 0.193 e. The normalized spacial score (nSPS) is 22.4. The minimum atomic E-state index is 0.845. The van der Waals surface area contributed by atoms with Gasteiger partial charge in [-0.2, -0.15) is 0 Å². The highest BCUT2D eigenvalue weighted by molar-refractivity contribution is 5.79. The predicted octanol–water partition coefficient (Wildman–Crippen LogP) is 3.44. The lowest BCUT2D eigenvalue weighted by Crippen LogP contribution is -2.42. The highest BCUT2D eigenvalue weighted by atomic mass is 15.3. The van der Waals surface area contributed by atoms with Crippen LogP contribution in [0.1, 0.15) is 59.3 Å². The van der Waals surface area contributed by atoms with Gasteiger partial charge in [0.1, 0.15) is 0 Å². The molecule has 1 saturated carbocycles. The molecule has 4 nitrogen and oxygen atoms in total. The highest BCUT2D eigenvalue weighted by Crippen LogP contribution is 2.28. The predicted molar refractivity (Wildman–Crippen MR) is 102 cm³/mol. The summed E-state index contributed by atoms with van der Waals surface area (Å²) in [4.78, 5) is 9.27. The van der Waals surface area contributed by atoms with E-state index in [0.29, 0.717) is 0 Å². The number of rotatable bonds is 9. The topological polar surface area (TPSA) is 30.9 Å². The summed E-state index contributed by atoms with van der Waals surface area (Å²) in [6.07, 6.45) is 8.03. The summed E-state index contributed by atoms with van der Waals surface area (Å²) in [5, 5.41) is 3.53. The molecule has 1 N–H and O–H groups in total. The lowest BCUT2D eigenvalue weighted by atomic mass is 9.83. The van der Waals surface area contributed by atoms with Crippen LogP contribution in [0.25, 0.3) is 0 Å². The second-order valence-corrected chi connectivity index (χ2v) is 7.21. The largest absolute Gasteiger partial charge is 0.356 e. The molecule has 0 unspecified atom stereocenters. The Hall–Kier alpha value is -0.770. The average Bonchev–Trinajstić information content (AvgIpc) is 2.56. The van der Waals surface area contributed by atoms with Gasteiger partial charge in [-0.3, -0.25) is 4.99 Å². The molecule has 0 radical (unpaired) electrons. The van der Waals surface area contributed by atoms with Crippen molar-refractivity contribution in [3.8, 4) is 0 Å². The number of hydrogen-bond acceptors (Lipinski definition) is 2. The molecule has 0 heterocycles. The molecule has 0 atom stereocenters. The van der Waals surface area contributed by atoms with E-state index in [1.807, 2.05) is 7.05 Å². The van der Waals surface area contributed by atoms with Crippen LogP contribution in [-0.4, -0.2) is 62.6 Å². The first kappa shape index (κ1) is 20.3. The van der Waals surface area contributed by atoms with Gasteiger partial charge in [-0.05, 0) is 57.2 Å². The minimum Gasteiger partial charge on any atom is -0.356 e. The highest BCUT2D eigenvalue weighted by Gasteiger charge is 2.20. The van der Waals surface area contributed by atoms with Gasteiger partial charge in [-0.15, -0.1) is 0 Å². The molecule has 23 heavy (non-hydrogen) atoms. The van der Waals surface area contributed by atoms with Crippen molar-refractivity contribution < 1.29 is 0 Å². The van der Waals surface area contributed by atoms with Gasteiger partial charge in [-0.25, -0.2) is 0 Å². The van der Waals surface area contributed by atoms with Gasteiger partial charge in [0.25, 0.3) is 0 Å². The number of nitrogens with zero attached hydrogens (tertiary/aromatic N) is 3. The molecule has 1 fully saturated rings. The molecular weight excluding hydrogens is 284 g/mol. The van der Waals surface area contributed by atoms with E-state index < -0.39 is 0 Å². The molecule has 0 saturated heterocycles. The van der Waals surface area contributed by atoms with Gasteiger partial charge in [-0.1, -0.05) is 33.6 Å². The molecule has 0 aliphatic heterocycles. The SMILES string of the molecule is CCN(CC)CCCCNC(=NC)N(C)CC1CCC(C)CC1. The van der Waals surface area contributed by atoms with Crippen LogP contribution in [-0.2, 0) is 0 Å². The monoisotopic (exact) mass is 324 g/mol. The Morgan fingerprint density at radius 1 is 1.09 bits per heavy atom. The van der Waals surface area contributed by atoms with Crippen LogP contribution in [0.4, 0.5) is 0 Å². The van der Waals surface area contributed by atoms with Crippen molar-refractivity contribution in [1.29, 1.82) is 0 Å². The van der Waals surface area contributed by atoms with Crippen LogP contribution in [0.15, 0.2) is 4.99 Å². The lowest BCUT2D eigenvalue weighted by Gasteiger charge is -2.31. The zero-order valence-electron chi connectivity index (χ0n) is 16.3. The van der Waals surface area contributed by atoms with Crippen molar-refractivity contribution in [2.75, 3.05) is 46.8 Å². The van der Waals surface area contributed by atoms with Crippen LogP contribution in [0.5, 0.6) is 0 Å². The maximum atomic E-state index is 4.45. The minimum absolute atomic E-state index is 0.845. The summed E-state index contributed by atoms with van der Waals surface area (Å²) in [6.45, 7) is 12.6. The molecule has 1 aliphatic rings. The molecule has 1 aliphatic carbocycles. The summed E-state index contributed by atoms with van der Waals surface area (Å²) < 4.78 is 0. The van der Waals surface area contributed by atoms with Crippen LogP contribution in [0, 0.1) is 11.8 Å². The standard InChI is InChI=1S/C19H40N4/c1-6-23(7-2)15-9-8-14-21-19(20-4)22(5)16-18-12-10-17(3)11-13-18/h17-18H,6-16H2,1-5H3,(H,20,21). The third-order valence-electron chi connectivity index (χ3n) is 5.32. The van der Waals surface area contributed by atoms with E-state index in [1.54, 1.807) is 0 Å². The van der Waals surface area contributed by atoms with E-state index >= 15 is 0 Å². The Kier molecular flexibility index (Phi) is 10.3. The summed E-state index contributed by atoms with van der Waals surface area (Å²) >= 11 is 0. The molecule has 0 bridgehead atoms. The fraction of sp³-hybridized carbons (Fsp3) is 0.947. The molecule has 0 aromatic rings. The van der Waals surface area contributed by atoms with Gasteiger partial charge in [0.15, 0.2) is 5.96 Å². The van der Waals surface area contributed by atoms with Crippen molar-refractivity contribution in [2.45, 2.75) is 59.3 Å². The summed E-state index contributed by atoms with van der Waals surface area (Å²) in [5.41, 5.74) is 0. The Labute approximate surface area is 144 Å². The molecule has 0 amide bonds.